The number of ether oxygens (including phenoxy) is 2. The number of rotatable bonds is 6. The lowest BCUT2D eigenvalue weighted by Crippen LogP contribution is -2.44. The Morgan fingerprint density at radius 2 is 1.68 bits per heavy atom. The summed E-state index contributed by atoms with van der Waals surface area (Å²) in [7, 11) is 1.68. The Bertz CT molecular complexity index is 1030. The molecule has 0 aliphatic carbocycles. The lowest BCUT2D eigenvalue weighted by Gasteiger charge is -2.30. The predicted octanol–water partition coefficient (Wildman–Crippen LogP) is 3.23. The quantitative estimate of drug-likeness (QED) is 0.658. The Kier molecular flexibility index (Phi) is 5.76. The Hall–Kier alpha value is -3.06. The van der Waals surface area contributed by atoms with Crippen molar-refractivity contribution in [2.75, 3.05) is 56.2 Å². The van der Waals surface area contributed by atoms with E-state index in [0.29, 0.717) is 18.1 Å². The second-order valence-electron chi connectivity index (χ2n) is 8.07. The lowest BCUT2D eigenvalue weighted by molar-refractivity contribution is 0.285. The summed E-state index contributed by atoms with van der Waals surface area (Å²) in [4.78, 5) is 14.6. The van der Waals surface area contributed by atoms with E-state index in [9.17, 15) is 0 Å². The van der Waals surface area contributed by atoms with Crippen LogP contribution in [0.2, 0.25) is 0 Å². The maximum absolute atomic E-state index is 6.15. The molecule has 0 saturated carbocycles. The molecule has 2 fully saturated rings. The molecule has 1 aromatic heterocycles. The van der Waals surface area contributed by atoms with Crippen LogP contribution < -0.4 is 24.6 Å². The van der Waals surface area contributed by atoms with Crippen molar-refractivity contribution in [3.8, 4) is 11.5 Å². The number of methoxy groups -OCH3 is 1. The molecule has 0 bridgehead atoms. The molecule has 2 aliphatic rings. The van der Waals surface area contributed by atoms with Crippen molar-refractivity contribution in [2.45, 2.75) is 19.4 Å². The Morgan fingerprint density at radius 3 is 2.42 bits per heavy atom. The summed E-state index contributed by atoms with van der Waals surface area (Å²) in [5.74, 6) is 3.22. The summed E-state index contributed by atoms with van der Waals surface area (Å²) < 4.78 is 11.8. The maximum Gasteiger partial charge on any atom is 0.227 e. The van der Waals surface area contributed by atoms with Gasteiger partial charge in [-0.15, -0.1) is 0 Å². The molecule has 0 radical (unpaired) electrons. The molecule has 0 unspecified atom stereocenters. The zero-order chi connectivity index (χ0) is 21.0. The lowest BCUT2D eigenvalue weighted by atomic mass is 10.2. The van der Waals surface area contributed by atoms with Gasteiger partial charge < -0.3 is 24.6 Å². The number of aromatic nitrogens is 2. The van der Waals surface area contributed by atoms with Gasteiger partial charge in [-0.25, -0.2) is 4.98 Å². The Balaban J connectivity index is 1.56. The second-order valence-corrected chi connectivity index (χ2v) is 8.07. The van der Waals surface area contributed by atoms with Crippen molar-refractivity contribution in [1.29, 1.82) is 0 Å². The van der Waals surface area contributed by atoms with E-state index >= 15 is 0 Å². The SMILES string of the molecule is COc1cc2c(N3CCNCC3)nc(N3CCCC3)nc2cc1OCc1ccccc1. The zero-order valence-corrected chi connectivity index (χ0v) is 18.0. The molecule has 2 saturated heterocycles. The van der Waals surface area contributed by atoms with Crippen molar-refractivity contribution < 1.29 is 9.47 Å². The second kappa shape index (κ2) is 8.98. The minimum absolute atomic E-state index is 0.484. The summed E-state index contributed by atoms with van der Waals surface area (Å²) in [5, 5.41) is 4.43. The number of hydrogen-bond donors (Lipinski definition) is 1. The Labute approximate surface area is 183 Å². The van der Waals surface area contributed by atoms with E-state index in [0.717, 1.165) is 67.5 Å². The van der Waals surface area contributed by atoms with E-state index in [1.165, 1.54) is 12.8 Å². The number of anilines is 2. The van der Waals surface area contributed by atoms with Gasteiger partial charge in [0.2, 0.25) is 5.95 Å². The van der Waals surface area contributed by atoms with Gasteiger partial charge >= 0.3 is 0 Å². The number of nitrogens with one attached hydrogen (secondary N) is 1. The first kappa shape index (κ1) is 19.9. The van der Waals surface area contributed by atoms with Crippen LogP contribution in [-0.4, -0.2) is 56.3 Å². The van der Waals surface area contributed by atoms with Gasteiger partial charge in [0.05, 0.1) is 12.6 Å². The van der Waals surface area contributed by atoms with Crippen molar-refractivity contribution in [1.82, 2.24) is 15.3 Å². The van der Waals surface area contributed by atoms with Gasteiger partial charge in [-0.05, 0) is 24.5 Å². The van der Waals surface area contributed by atoms with E-state index in [1.54, 1.807) is 7.11 Å². The van der Waals surface area contributed by atoms with Crippen LogP contribution in [0.25, 0.3) is 10.9 Å². The topological polar surface area (TPSA) is 62.8 Å². The standard InChI is InChI=1S/C24H29N5O2/c1-30-21-15-19-20(16-22(21)31-17-18-7-3-2-4-8-18)26-24(29-11-5-6-12-29)27-23(19)28-13-9-25-10-14-28/h2-4,7-8,15-16,25H,5-6,9-14,17H2,1H3. The van der Waals surface area contributed by atoms with Crippen LogP contribution in [0.15, 0.2) is 42.5 Å². The molecule has 5 rings (SSSR count). The molecule has 0 atom stereocenters. The molecule has 31 heavy (non-hydrogen) atoms. The van der Waals surface area contributed by atoms with E-state index < -0.39 is 0 Å². The fourth-order valence-corrected chi connectivity index (χ4v) is 4.29. The van der Waals surface area contributed by atoms with Crippen LogP contribution in [0.1, 0.15) is 18.4 Å². The van der Waals surface area contributed by atoms with Crippen molar-refractivity contribution in [3.63, 3.8) is 0 Å². The van der Waals surface area contributed by atoms with E-state index in [-0.39, 0.29) is 0 Å². The van der Waals surface area contributed by atoms with Gasteiger partial charge in [0.15, 0.2) is 11.5 Å². The van der Waals surface area contributed by atoms with Crippen LogP contribution in [0.5, 0.6) is 11.5 Å². The third-order valence-electron chi connectivity index (χ3n) is 5.99. The molecule has 3 aromatic rings. The monoisotopic (exact) mass is 419 g/mol. The highest BCUT2D eigenvalue weighted by Crippen LogP contribution is 2.37. The van der Waals surface area contributed by atoms with Crippen LogP contribution in [0.3, 0.4) is 0 Å². The minimum atomic E-state index is 0.484. The fourth-order valence-electron chi connectivity index (χ4n) is 4.29. The molecule has 7 heteroatoms. The van der Waals surface area contributed by atoms with Gasteiger partial charge in [0, 0.05) is 50.7 Å². The largest absolute Gasteiger partial charge is 0.493 e. The Morgan fingerprint density at radius 1 is 0.903 bits per heavy atom. The predicted molar refractivity (Wildman–Crippen MR) is 123 cm³/mol. The third kappa shape index (κ3) is 4.23. The molecule has 162 valence electrons. The van der Waals surface area contributed by atoms with E-state index in [2.05, 4.69) is 27.2 Å². The number of nitrogens with zero attached hydrogens (tertiary/aromatic N) is 4. The molecule has 0 amide bonds. The van der Waals surface area contributed by atoms with Crippen LogP contribution in [-0.2, 0) is 6.61 Å². The number of benzene rings is 2. The summed E-state index contributed by atoms with van der Waals surface area (Å²) in [6, 6.07) is 14.2. The first-order chi connectivity index (χ1) is 15.3. The zero-order valence-electron chi connectivity index (χ0n) is 18.0. The van der Waals surface area contributed by atoms with Crippen molar-refractivity contribution in [2.24, 2.45) is 0 Å². The minimum Gasteiger partial charge on any atom is -0.493 e. The first-order valence-corrected chi connectivity index (χ1v) is 11.1. The molecular formula is C24H29N5O2. The highest BCUT2D eigenvalue weighted by Gasteiger charge is 2.22. The summed E-state index contributed by atoms with van der Waals surface area (Å²) >= 11 is 0. The highest BCUT2D eigenvalue weighted by atomic mass is 16.5. The van der Waals surface area contributed by atoms with Crippen LogP contribution in [0, 0.1) is 0 Å². The van der Waals surface area contributed by atoms with Crippen LogP contribution >= 0.6 is 0 Å². The molecule has 3 heterocycles. The van der Waals surface area contributed by atoms with Gasteiger partial charge in [-0.1, -0.05) is 30.3 Å². The number of piperazine rings is 1. The highest BCUT2D eigenvalue weighted by molar-refractivity contribution is 5.93. The molecule has 0 spiro atoms. The molecule has 2 aromatic carbocycles. The summed E-state index contributed by atoms with van der Waals surface area (Å²) in [6.07, 6.45) is 2.39. The number of fused-ring (bicyclic) bond motifs is 1. The van der Waals surface area contributed by atoms with Gasteiger partial charge in [-0.3, -0.25) is 0 Å². The van der Waals surface area contributed by atoms with Crippen molar-refractivity contribution >= 4 is 22.7 Å². The smallest absolute Gasteiger partial charge is 0.227 e. The molecule has 7 nitrogen and oxygen atoms in total. The van der Waals surface area contributed by atoms with Gasteiger partial charge in [0.25, 0.3) is 0 Å². The van der Waals surface area contributed by atoms with Gasteiger partial charge in [-0.2, -0.15) is 4.98 Å². The molecule has 2 aliphatic heterocycles. The van der Waals surface area contributed by atoms with Crippen molar-refractivity contribution in [3.05, 3.63) is 48.0 Å². The fraction of sp³-hybridized carbons (Fsp3) is 0.417. The first-order valence-electron chi connectivity index (χ1n) is 11.1. The van der Waals surface area contributed by atoms with Crippen LogP contribution in [0.4, 0.5) is 11.8 Å². The molecule has 1 N–H and O–H groups in total. The van der Waals surface area contributed by atoms with Gasteiger partial charge in [0.1, 0.15) is 12.4 Å². The molecular weight excluding hydrogens is 390 g/mol. The average molecular weight is 420 g/mol. The normalized spacial score (nSPS) is 16.7. The third-order valence-corrected chi connectivity index (χ3v) is 5.99. The summed E-state index contributed by atoms with van der Waals surface area (Å²) in [5.41, 5.74) is 2.01. The van der Waals surface area contributed by atoms with E-state index in [4.69, 9.17) is 19.4 Å². The maximum atomic E-state index is 6.15. The number of hydrogen-bond acceptors (Lipinski definition) is 7. The average Bonchev–Trinajstić information content (AvgIpc) is 3.38. The summed E-state index contributed by atoms with van der Waals surface area (Å²) in [6.45, 7) is 6.29. The van der Waals surface area contributed by atoms with E-state index in [1.807, 2.05) is 30.3 Å².